The van der Waals surface area contributed by atoms with Gasteiger partial charge in [0.1, 0.15) is 0 Å². The molecular weight excluding hydrogens is 363 g/mol. The number of amides is 3. The third-order valence-corrected chi connectivity index (χ3v) is 5.26. The highest BCUT2D eigenvalue weighted by molar-refractivity contribution is 6.35. The molecule has 1 saturated heterocycles. The molecule has 25 heavy (non-hydrogen) atoms. The van der Waals surface area contributed by atoms with E-state index < -0.39 is 23.1 Å². The van der Waals surface area contributed by atoms with Gasteiger partial charge < -0.3 is 4.90 Å². The molecule has 2 heterocycles. The molecule has 4 rings (SSSR count). The number of carbonyl (C=O) groups is 3. The summed E-state index contributed by atoms with van der Waals surface area (Å²) >= 11 is 12.2. The van der Waals surface area contributed by atoms with E-state index in [2.05, 4.69) is 5.32 Å². The molecule has 1 N–H and O–H groups in total. The van der Waals surface area contributed by atoms with E-state index in [1.165, 1.54) is 4.90 Å². The molecule has 0 aromatic heterocycles. The second-order valence-electron chi connectivity index (χ2n) is 6.10. The lowest BCUT2D eigenvalue weighted by molar-refractivity contribution is -0.133. The van der Waals surface area contributed by atoms with Crippen molar-refractivity contribution in [3.8, 4) is 0 Å². The second kappa shape index (κ2) is 5.58. The molecule has 1 fully saturated rings. The Hall–Kier alpha value is -2.37. The number of hydrogen-bond donors (Lipinski definition) is 1. The van der Waals surface area contributed by atoms with Gasteiger partial charge in [0.05, 0.1) is 13.0 Å². The highest BCUT2D eigenvalue weighted by Crippen LogP contribution is 2.47. The summed E-state index contributed by atoms with van der Waals surface area (Å²) in [7, 11) is 0. The Kier molecular flexibility index (Phi) is 3.60. The molecule has 1 atom stereocenters. The maximum atomic E-state index is 13.2. The third kappa shape index (κ3) is 2.27. The molecule has 5 nitrogen and oxygen atoms in total. The second-order valence-corrected chi connectivity index (χ2v) is 6.95. The normalized spacial score (nSPS) is 21.8. The number of imide groups is 1. The first kappa shape index (κ1) is 16.1. The van der Waals surface area contributed by atoms with Crippen LogP contribution in [0.4, 0.5) is 5.69 Å². The fourth-order valence-electron chi connectivity index (χ4n) is 3.49. The number of rotatable bonds is 2. The van der Waals surface area contributed by atoms with Gasteiger partial charge in [-0.15, -0.1) is 0 Å². The standard InChI is InChI=1S/C18H12Cl2N2O3/c19-11-6-5-10(13(20)7-11)9-22-14-4-2-1-3-12(14)18(17(22)25)8-15(23)21-16(18)24/h1-7H,8-9H2,(H,21,23,24). The number of para-hydroxylation sites is 1. The zero-order valence-electron chi connectivity index (χ0n) is 12.9. The molecule has 0 radical (unpaired) electrons. The van der Waals surface area contributed by atoms with E-state index in [9.17, 15) is 14.4 Å². The van der Waals surface area contributed by atoms with Crippen LogP contribution in [0, 0.1) is 0 Å². The van der Waals surface area contributed by atoms with Gasteiger partial charge in [-0.2, -0.15) is 0 Å². The quantitative estimate of drug-likeness (QED) is 0.649. The molecule has 2 aliphatic rings. The molecular formula is C18H12Cl2N2O3. The molecule has 2 aromatic rings. The van der Waals surface area contributed by atoms with Crippen molar-refractivity contribution in [2.75, 3.05) is 4.90 Å². The van der Waals surface area contributed by atoms with Gasteiger partial charge in [-0.25, -0.2) is 0 Å². The van der Waals surface area contributed by atoms with Crippen molar-refractivity contribution < 1.29 is 14.4 Å². The summed E-state index contributed by atoms with van der Waals surface area (Å²) in [5.74, 6) is -1.43. The Morgan fingerprint density at radius 1 is 1.08 bits per heavy atom. The summed E-state index contributed by atoms with van der Waals surface area (Å²) in [6, 6.07) is 12.1. The van der Waals surface area contributed by atoms with Crippen molar-refractivity contribution in [1.29, 1.82) is 0 Å². The number of halogens is 2. The fraction of sp³-hybridized carbons (Fsp3) is 0.167. The first-order chi connectivity index (χ1) is 11.9. The summed E-state index contributed by atoms with van der Waals surface area (Å²) in [5.41, 5.74) is 0.389. The van der Waals surface area contributed by atoms with E-state index >= 15 is 0 Å². The first-order valence-electron chi connectivity index (χ1n) is 7.63. The molecule has 2 aliphatic heterocycles. The highest BCUT2D eigenvalue weighted by Gasteiger charge is 2.60. The van der Waals surface area contributed by atoms with Crippen LogP contribution in [-0.2, 0) is 26.3 Å². The SMILES string of the molecule is O=C1CC2(C(=O)N1)C(=O)N(Cc1ccc(Cl)cc1Cl)c1ccccc12. The molecule has 0 aliphatic carbocycles. The smallest absolute Gasteiger partial charge is 0.248 e. The molecule has 3 amide bonds. The van der Waals surface area contributed by atoms with Crippen LogP contribution in [0.5, 0.6) is 0 Å². The molecule has 2 aromatic carbocycles. The maximum Gasteiger partial charge on any atom is 0.248 e. The largest absolute Gasteiger partial charge is 0.306 e. The van der Waals surface area contributed by atoms with Crippen LogP contribution in [0.15, 0.2) is 42.5 Å². The van der Waals surface area contributed by atoms with Crippen molar-refractivity contribution >= 4 is 46.6 Å². The van der Waals surface area contributed by atoms with Gasteiger partial charge in [0.2, 0.25) is 17.7 Å². The summed E-state index contributed by atoms with van der Waals surface area (Å²) in [5, 5.41) is 3.19. The lowest BCUT2D eigenvalue weighted by atomic mass is 9.80. The topological polar surface area (TPSA) is 66.5 Å². The fourth-order valence-corrected chi connectivity index (χ4v) is 3.96. The Bertz CT molecular complexity index is 944. The minimum atomic E-state index is -1.48. The predicted molar refractivity (Wildman–Crippen MR) is 93.5 cm³/mol. The van der Waals surface area contributed by atoms with Gasteiger partial charge in [-0.05, 0) is 23.8 Å². The molecule has 1 unspecified atom stereocenters. The Balaban J connectivity index is 1.81. The van der Waals surface area contributed by atoms with Crippen LogP contribution in [0.1, 0.15) is 17.5 Å². The number of fused-ring (bicyclic) bond motifs is 2. The lowest BCUT2D eigenvalue weighted by Crippen LogP contribution is -2.45. The van der Waals surface area contributed by atoms with E-state index in [0.29, 0.717) is 26.9 Å². The first-order valence-corrected chi connectivity index (χ1v) is 8.39. The van der Waals surface area contributed by atoms with Crippen LogP contribution >= 0.6 is 23.2 Å². The number of benzene rings is 2. The van der Waals surface area contributed by atoms with Crippen LogP contribution in [0.3, 0.4) is 0 Å². The van der Waals surface area contributed by atoms with Crippen LogP contribution in [0.2, 0.25) is 10.0 Å². The highest BCUT2D eigenvalue weighted by atomic mass is 35.5. The number of hydrogen-bond acceptors (Lipinski definition) is 3. The van der Waals surface area contributed by atoms with Crippen LogP contribution < -0.4 is 10.2 Å². The molecule has 0 bridgehead atoms. The number of nitrogens with one attached hydrogen (secondary N) is 1. The van der Waals surface area contributed by atoms with Gasteiger partial charge in [-0.3, -0.25) is 19.7 Å². The Labute approximate surface area is 153 Å². The van der Waals surface area contributed by atoms with E-state index in [1.54, 1.807) is 42.5 Å². The van der Waals surface area contributed by atoms with Crippen molar-refractivity contribution in [3.63, 3.8) is 0 Å². The minimum Gasteiger partial charge on any atom is -0.306 e. The molecule has 7 heteroatoms. The summed E-state index contributed by atoms with van der Waals surface area (Å²) in [6.07, 6.45) is -0.174. The number of nitrogens with zero attached hydrogens (tertiary/aromatic N) is 1. The van der Waals surface area contributed by atoms with Gasteiger partial charge in [0.25, 0.3) is 0 Å². The maximum absolute atomic E-state index is 13.2. The average molecular weight is 375 g/mol. The summed E-state index contributed by atoms with van der Waals surface area (Å²) in [6.45, 7) is 0.190. The van der Waals surface area contributed by atoms with E-state index in [0.717, 1.165) is 0 Å². The Morgan fingerprint density at radius 3 is 2.52 bits per heavy atom. The van der Waals surface area contributed by atoms with Gasteiger partial charge in [0.15, 0.2) is 5.41 Å². The molecule has 0 saturated carbocycles. The molecule has 1 spiro atoms. The minimum absolute atomic E-state index is 0.174. The zero-order valence-corrected chi connectivity index (χ0v) is 14.4. The Morgan fingerprint density at radius 2 is 1.84 bits per heavy atom. The average Bonchev–Trinajstić information content (AvgIpc) is 3.00. The molecule has 126 valence electrons. The van der Waals surface area contributed by atoms with Crippen LogP contribution in [0.25, 0.3) is 0 Å². The zero-order chi connectivity index (χ0) is 17.8. The van der Waals surface area contributed by atoms with E-state index in [4.69, 9.17) is 23.2 Å². The predicted octanol–water partition coefficient (Wildman–Crippen LogP) is 2.82. The van der Waals surface area contributed by atoms with Crippen LogP contribution in [-0.4, -0.2) is 17.7 Å². The number of carbonyl (C=O) groups excluding carboxylic acids is 3. The van der Waals surface area contributed by atoms with Crippen molar-refractivity contribution in [2.45, 2.75) is 18.4 Å². The summed E-state index contributed by atoms with van der Waals surface area (Å²) < 4.78 is 0. The lowest BCUT2D eigenvalue weighted by Gasteiger charge is -2.21. The number of anilines is 1. The van der Waals surface area contributed by atoms with E-state index in [-0.39, 0.29) is 13.0 Å². The van der Waals surface area contributed by atoms with Gasteiger partial charge >= 0.3 is 0 Å². The third-order valence-electron chi connectivity index (χ3n) is 4.67. The summed E-state index contributed by atoms with van der Waals surface area (Å²) in [4.78, 5) is 38.9. The van der Waals surface area contributed by atoms with Crippen molar-refractivity contribution in [1.82, 2.24) is 5.32 Å². The van der Waals surface area contributed by atoms with Gasteiger partial charge in [-0.1, -0.05) is 47.5 Å². The van der Waals surface area contributed by atoms with Crippen molar-refractivity contribution in [2.24, 2.45) is 0 Å². The monoisotopic (exact) mass is 374 g/mol. The van der Waals surface area contributed by atoms with E-state index in [1.807, 2.05) is 0 Å². The van der Waals surface area contributed by atoms with Crippen molar-refractivity contribution in [3.05, 3.63) is 63.6 Å². The van der Waals surface area contributed by atoms with Gasteiger partial charge in [0, 0.05) is 21.3 Å².